The first kappa shape index (κ1) is 20.9. The lowest BCUT2D eigenvalue weighted by atomic mass is 9.58. The minimum absolute atomic E-state index is 0.0988. The van der Waals surface area contributed by atoms with E-state index in [1.165, 1.54) is 29.7 Å². The van der Waals surface area contributed by atoms with Crippen molar-refractivity contribution in [2.45, 2.75) is 51.3 Å². The number of aryl methyl sites for hydroxylation is 1. The topological polar surface area (TPSA) is 36.3 Å². The molecule has 155 valence electrons. The number of hydrogen-bond acceptors (Lipinski definition) is 3. The molecule has 3 aromatic rings. The van der Waals surface area contributed by atoms with Gasteiger partial charge in [-0.3, -0.25) is 4.98 Å². The maximum Gasteiger partial charge on any atom is 0.215 e. The first-order valence-electron chi connectivity index (χ1n) is 11.1. The molecule has 0 saturated carbocycles. The van der Waals surface area contributed by atoms with Crippen molar-refractivity contribution in [3.8, 4) is 0 Å². The molecule has 1 aliphatic rings. The minimum atomic E-state index is -0.0988. The van der Waals surface area contributed by atoms with Crippen molar-refractivity contribution in [3.63, 3.8) is 0 Å². The lowest BCUT2D eigenvalue weighted by Gasteiger charge is -2.19. The molecule has 1 fully saturated rings. The van der Waals surface area contributed by atoms with Crippen molar-refractivity contribution in [2.75, 3.05) is 13.2 Å². The predicted octanol–water partition coefficient (Wildman–Crippen LogP) is 4.11. The average Bonchev–Trinajstić information content (AvgIpc) is 3.45. The second kappa shape index (κ2) is 10.6. The summed E-state index contributed by atoms with van der Waals surface area (Å²) in [6, 6.07) is 21.3. The lowest BCUT2D eigenvalue weighted by molar-refractivity contribution is -0.0490. The van der Waals surface area contributed by atoms with Gasteiger partial charge in [0.05, 0.1) is 18.9 Å². The fourth-order valence-electron chi connectivity index (χ4n) is 4.04. The number of nitrogens with zero attached hydrogens (tertiary/aromatic N) is 2. The quantitative estimate of drug-likeness (QED) is 0.480. The maximum atomic E-state index is 5.67. The highest BCUT2D eigenvalue weighted by atomic mass is 16.7. The predicted molar refractivity (Wildman–Crippen MR) is 121 cm³/mol. The Bertz CT molecular complexity index is 853. The number of unbranched alkanes of at least 4 members (excludes halogenated alkanes) is 1. The second-order valence-corrected chi connectivity index (χ2v) is 7.79. The summed E-state index contributed by atoms with van der Waals surface area (Å²) < 4.78 is 13.7. The standard InChI is InChI=1S/C25H30BN2O2/c1-2-3-14-22-19-27-25(28(22)16-15-23-29-17-18-30-23)26-24(20-10-6-4-7-11-20)21-12-8-5-9-13-21/h4-13,19,23-24H,2-3,14-18H2,1H3. The summed E-state index contributed by atoms with van der Waals surface area (Å²) in [6.07, 6.45) is 6.18. The summed E-state index contributed by atoms with van der Waals surface area (Å²) in [4.78, 5) is 4.83. The van der Waals surface area contributed by atoms with Gasteiger partial charge in [0.15, 0.2) is 6.29 Å². The summed E-state index contributed by atoms with van der Waals surface area (Å²) in [7, 11) is 2.30. The number of imidazole rings is 1. The molecule has 30 heavy (non-hydrogen) atoms. The molecule has 0 aliphatic carbocycles. The number of benzene rings is 2. The van der Waals surface area contributed by atoms with E-state index in [2.05, 4.69) is 79.4 Å². The highest BCUT2D eigenvalue weighted by Crippen LogP contribution is 2.23. The largest absolute Gasteiger partial charge is 0.350 e. The number of ether oxygens (including phenoxy) is 2. The van der Waals surface area contributed by atoms with Crippen LogP contribution in [-0.4, -0.2) is 36.3 Å². The third kappa shape index (κ3) is 5.21. The van der Waals surface area contributed by atoms with Gasteiger partial charge >= 0.3 is 0 Å². The minimum Gasteiger partial charge on any atom is -0.350 e. The molecule has 4 rings (SSSR count). The summed E-state index contributed by atoms with van der Waals surface area (Å²) in [5.41, 5.74) is 4.87. The van der Waals surface area contributed by atoms with Gasteiger partial charge in [-0.2, -0.15) is 0 Å². The van der Waals surface area contributed by atoms with Crippen LogP contribution >= 0.6 is 0 Å². The molecule has 1 aliphatic heterocycles. The molecule has 0 unspecified atom stereocenters. The van der Waals surface area contributed by atoms with E-state index >= 15 is 0 Å². The monoisotopic (exact) mass is 401 g/mol. The third-order valence-electron chi connectivity index (χ3n) is 5.67. The molecular formula is C25H30BN2O2. The van der Waals surface area contributed by atoms with Crippen LogP contribution in [-0.2, 0) is 22.4 Å². The molecular weight excluding hydrogens is 371 g/mol. The Labute approximate surface area is 180 Å². The van der Waals surface area contributed by atoms with Crippen molar-refractivity contribution in [3.05, 3.63) is 83.7 Å². The van der Waals surface area contributed by atoms with E-state index in [9.17, 15) is 0 Å². The van der Waals surface area contributed by atoms with E-state index in [4.69, 9.17) is 14.5 Å². The molecule has 0 bridgehead atoms. The summed E-state index contributed by atoms with van der Waals surface area (Å²) in [5, 5.41) is 0. The summed E-state index contributed by atoms with van der Waals surface area (Å²) >= 11 is 0. The van der Waals surface area contributed by atoms with Crippen LogP contribution in [0.2, 0.25) is 0 Å². The van der Waals surface area contributed by atoms with Crippen molar-refractivity contribution in [1.82, 2.24) is 9.55 Å². The zero-order valence-electron chi connectivity index (χ0n) is 17.7. The summed E-state index contributed by atoms with van der Waals surface area (Å²) in [5.74, 6) is 0.159. The Morgan fingerprint density at radius 3 is 2.23 bits per heavy atom. The van der Waals surface area contributed by atoms with Gasteiger partial charge in [0, 0.05) is 24.9 Å². The van der Waals surface area contributed by atoms with Crippen LogP contribution in [0, 0.1) is 0 Å². The van der Waals surface area contributed by atoms with Gasteiger partial charge in [-0.05, 0) is 29.8 Å². The third-order valence-corrected chi connectivity index (χ3v) is 5.67. The smallest absolute Gasteiger partial charge is 0.215 e. The van der Waals surface area contributed by atoms with E-state index in [-0.39, 0.29) is 12.1 Å². The van der Waals surface area contributed by atoms with Crippen LogP contribution in [0.3, 0.4) is 0 Å². The molecule has 0 spiro atoms. The van der Waals surface area contributed by atoms with E-state index < -0.39 is 0 Å². The molecule has 4 nitrogen and oxygen atoms in total. The van der Waals surface area contributed by atoms with Crippen molar-refractivity contribution < 1.29 is 9.47 Å². The van der Waals surface area contributed by atoms with Gasteiger partial charge in [-0.15, -0.1) is 0 Å². The Morgan fingerprint density at radius 1 is 1.00 bits per heavy atom. The van der Waals surface area contributed by atoms with E-state index in [0.29, 0.717) is 13.2 Å². The van der Waals surface area contributed by atoms with Crippen LogP contribution in [0.1, 0.15) is 48.8 Å². The lowest BCUT2D eigenvalue weighted by Crippen LogP contribution is -2.33. The van der Waals surface area contributed by atoms with Crippen molar-refractivity contribution in [2.24, 2.45) is 0 Å². The molecule has 1 radical (unpaired) electrons. The highest BCUT2D eigenvalue weighted by Gasteiger charge is 2.22. The van der Waals surface area contributed by atoms with Crippen LogP contribution in [0.15, 0.2) is 66.9 Å². The summed E-state index contributed by atoms with van der Waals surface area (Å²) in [6.45, 7) is 4.47. The van der Waals surface area contributed by atoms with E-state index in [1.54, 1.807) is 0 Å². The van der Waals surface area contributed by atoms with Crippen LogP contribution in [0.5, 0.6) is 0 Å². The normalized spacial score (nSPS) is 14.5. The molecule has 1 saturated heterocycles. The molecule has 2 heterocycles. The maximum absolute atomic E-state index is 5.67. The van der Waals surface area contributed by atoms with E-state index in [1.807, 2.05) is 6.20 Å². The highest BCUT2D eigenvalue weighted by molar-refractivity contribution is 6.54. The van der Waals surface area contributed by atoms with Crippen LogP contribution in [0.25, 0.3) is 0 Å². The Balaban J connectivity index is 1.60. The van der Waals surface area contributed by atoms with Crippen LogP contribution < -0.4 is 5.72 Å². The molecule has 0 amide bonds. The van der Waals surface area contributed by atoms with Crippen molar-refractivity contribution in [1.29, 1.82) is 0 Å². The van der Waals surface area contributed by atoms with Gasteiger partial charge in [-0.1, -0.05) is 74.0 Å². The Hall–Kier alpha value is -2.37. The molecule has 2 aromatic carbocycles. The van der Waals surface area contributed by atoms with Crippen LogP contribution in [0.4, 0.5) is 0 Å². The Kier molecular flexibility index (Phi) is 7.38. The van der Waals surface area contributed by atoms with Gasteiger partial charge in [0.1, 0.15) is 0 Å². The number of hydrogen-bond donors (Lipinski definition) is 0. The molecule has 5 heteroatoms. The first-order valence-corrected chi connectivity index (χ1v) is 11.1. The zero-order chi connectivity index (χ0) is 20.6. The zero-order valence-corrected chi connectivity index (χ0v) is 17.7. The number of aromatic nitrogens is 2. The average molecular weight is 401 g/mol. The van der Waals surface area contributed by atoms with Crippen molar-refractivity contribution >= 4 is 13.0 Å². The van der Waals surface area contributed by atoms with E-state index in [0.717, 1.165) is 25.1 Å². The number of rotatable bonds is 10. The van der Waals surface area contributed by atoms with Gasteiger partial charge in [0.25, 0.3) is 0 Å². The SMILES string of the molecule is CCCCc1cnc([B]C(c2ccccc2)c2ccccc2)n1CCC1OCCO1. The first-order chi connectivity index (χ1) is 14.8. The molecule has 0 N–H and O–H groups in total. The van der Waals surface area contributed by atoms with Gasteiger partial charge < -0.3 is 14.0 Å². The van der Waals surface area contributed by atoms with Gasteiger partial charge in [-0.25, -0.2) is 0 Å². The van der Waals surface area contributed by atoms with Gasteiger partial charge in [0.2, 0.25) is 7.28 Å². The molecule has 0 atom stereocenters. The second-order valence-electron chi connectivity index (χ2n) is 7.79. The fraction of sp³-hybridized carbons (Fsp3) is 0.400. The fourth-order valence-corrected chi connectivity index (χ4v) is 4.04. The molecule has 1 aromatic heterocycles. The Morgan fingerprint density at radius 2 is 1.63 bits per heavy atom.